The van der Waals surface area contributed by atoms with E-state index in [1.54, 1.807) is 9.13 Å². The maximum atomic E-state index is 13.0. The lowest BCUT2D eigenvalue weighted by atomic mass is 10.2. The molecule has 1 aromatic carbocycles. The molecule has 0 saturated carbocycles. The van der Waals surface area contributed by atoms with Crippen LogP contribution < -0.4 is 5.69 Å². The molecule has 0 saturated heterocycles. The third kappa shape index (κ3) is 2.83. The van der Waals surface area contributed by atoms with Gasteiger partial charge < -0.3 is 9.51 Å². The van der Waals surface area contributed by atoms with Crippen LogP contribution in [0, 0.1) is 13.8 Å². The van der Waals surface area contributed by atoms with Gasteiger partial charge in [-0.25, -0.2) is 4.79 Å². The molecular formula is C21H21N3O3. The lowest BCUT2D eigenvalue weighted by Gasteiger charge is -2.07. The van der Waals surface area contributed by atoms with Gasteiger partial charge >= 0.3 is 11.7 Å². The minimum absolute atomic E-state index is 0.0827. The summed E-state index contributed by atoms with van der Waals surface area (Å²) in [4.78, 5) is 24.0. The average molecular weight is 363 g/mol. The highest BCUT2D eigenvalue weighted by Gasteiger charge is 2.15. The van der Waals surface area contributed by atoms with Crippen LogP contribution in [-0.2, 0) is 17.9 Å². The van der Waals surface area contributed by atoms with Crippen LogP contribution in [0.5, 0.6) is 0 Å². The normalized spacial score (nSPS) is 11.5. The van der Waals surface area contributed by atoms with Gasteiger partial charge in [0, 0.05) is 18.4 Å². The van der Waals surface area contributed by atoms with E-state index in [9.17, 15) is 9.59 Å². The molecule has 1 N–H and O–H groups in total. The summed E-state index contributed by atoms with van der Waals surface area (Å²) in [6.07, 6.45) is 1.95. The van der Waals surface area contributed by atoms with Crippen LogP contribution in [0.15, 0.2) is 53.5 Å². The lowest BCUT2D eigenvalue weighted by molar-refractivity contribution is -0.137. The third-order valence-corrected chi connectivity index (χ3v) is 5.21. The molecule has 3 aromatic heterocycles. The number of aliphatic carboxylic acids is 1. The van der Waals surface area contributed by atoms with Crippen LogP contribution in [0.2, 0.25) is 0 Å². The van der Waals surface area contributed by atoms with Gasteiger partial charge in [-0.15, -0.1) is 0 Å². The Labute approximate surface area is 155 Å². The molecule has 27 heavy (non-hydrogen) atoms. The maximum absolute atomic E-state index is 13.0. The van der Waals surface area contributed by atoms with E-state index in [0.29, 0.717) is 6.54 Å². The number of nitrogens with zero attached hydrogens (tertiary/aromatic N) is 3. The number of benzene rings is 1. The Kier molecular flexibility index (Phi) is 4.11. The number of aryl methyl sites for hydroxylation is 3. The molecule has 0 fully saturated rings. The number of imidazole rings is 1. The summed E-state index contributed by atoms with van der Waals surface area (Å²) in [7, 11) is 0. The second-order valence-corrected chi connectivity index (χ2v) is 6.85. The van der Waals surface area contributed by atoms with Gasteiger partial charge in [-0.2, -0.15) is 0 Å². The standard InChI is InChI=1S/C21H21N3O3/c1-14-12-19-16(6-5-10-22(19)15(14)2)13-24-18-8-4-3-7-17(18)23(21(24)27)11-9-20(25)26/h3-8,10,12H,9,11,13H2,1-2H3,(H,25,26). The van der Waals surface area contributed by atoms with Crippen molar-refractivity contribution in [3.63, 3.8) is 0 Å². The highest BCUT2D eigenvalue weighted by Crippen LogP contribution is 2.21. The second kappa shape index (κ2) is 6.46. The first-order chi connectivity index (χ1) is 13.0. The highest BCUT2D eigenvalue weighted by atomic mass is 16.4. The summed E-state index contributed by atoms with van der Waals surface area (Å²) < 4.78 is 5.42. The predicted octanol–water partition coefficient (Wildman–Crippen LogP) is 3.20. The Hall–Kier alpha value is -3.28. The number of hydrogen-bond acceptors (Lipinski definition) is 2. The monoisotopic (exact) mass is 363 g/mol. The van der Waals surface area contributed by atoms with E-state index in [1.165, 1.54) is 11.3 Å². The van der Waals surface area contributed by atoms with Crippen molar-refractivity contribution in [2.24, 2.45) is 0 Å². The van der Waals surface area contributed by atoms with E-state index >= 15 is 0 Å². The number of pyridine rings is 1. The first-order valence-corrected chi connectivity index (χ1v) is 8.93. The number of hydrogen-bond donors (Lipinski definition) is 1. The summed E-state index contributed by atoms with van der Waals surface area (Å²) in [5, 5.41) is 9.00. The van der Waals surface area contributed by atoms with Crippen molar-refractivity contribution in [2.45, 2.75) is 33.4 Å². The number of fused-ring (bicyclic) bond motifs is 2. The minimum Gasteiger partial charge on any atom is -0.481 e. The van der Waals surface area contributed by atoms with Crippen LogP contribution in [-0.4, -0.2) is 24.6 Å². The van der Waals surface area contributed by atoms with Crippen molar-refractivity contribution >= 4 is 22.5 Å². The first-order valence-electron chi connectivity index (χ1n) is 8.93. The third-order valence-electron chi connectivity index (χ3n) is 5.21. The van der Waals surface area contributed by atoms with Crippen molar-refractivity contribution in [1.82, 2.24) is 13.5 Å². The van der Waals surface area contributed by atoms with Gasteiger partial charge in [-0.1, -0.05) is 18.2 Å². The number of rotatable bonds is 5. The van der Waals surface area contributed by atoms with E-state index in [-0.39, 0.29) is 18.7 Å². The van der Waals surface area contributed by atoms with Gasteiger partial charge in [0.25, 0.3) is 0 Å². The quantitative estimate of drug-likeness (QED) is 0.592. The number of para-hydroxylation sites is 2. The van der Waals surface area contributed by atoms with Crippen molar-refractivity contribution in [2.75, 3.05) is 0 Å². The summed E-state index contributed by atoms with van der Waals surface area (Å²) in [6, 6.07) is 13.7. The Balaban J connectivity index is 1.86. The van der Waals surface area contributed by atoms with Gasteiger partial charge in [0.1, 0.15) is 0 Å². The van der Waals surface area contributed by atoms with Crippen LogP contribution in [0.3, 0.4) is 0 Å². The van der Waals surface area contributed by atoms with Gasteiger partial charge in [-0.3, -0.25) is 13.9 Å². The summed E-state index contributed by atoms with van der Waals surface area (Å²) in [5.41, 5.74) is 5.92. The predicted molar refractivity (Wildman–Crippen MR) is 104 cm³/mol. The topological polar surface area (TPSA) is 68.6 Å². The Bertz CT molecular complexity index is 1230. The molecule has 0 atom stereocenters. The molecule has 0 aliphatic rings. The zero-order valence-electron chi connectivity index (χ0n) is 15.3. The Morgan fingerprint density at radius 3 is 2.41 bits per heavy atom. The maximum Gasteiger partial charge on any atom is 0.329 e. The van der Waals surface area contributed by atoms with Gasteiger partial charge in [0.05, 0.1) is 29.5 Å². The van der Waals surface area contributed by atoms with Crippen LogP contribution >= 0.6 is 0 Å². The van der Waals surface area contributed by atoms with E-state index in [2.05, 4.69) is 24.3 Å². The van der Waals surface area contributed by atoms with E-state index in [1.807, 2.05) is 42.6 Å². The number of carbonyl (C=O) groups is 1. The van der Waals surface area contributed by atoms with Gasteiger partial charge in [0.2, 0.25) is 0 Å². The molecule has 4 aromatic rings. The van der Waals surface area contributed by atoms with Crippen molar-refractivity contribution < 1.29 is 9.90 Å². The second-order valence-electron chi connectivity index (χ2n) is 6.85. The molecular weight excluding hydrogens is 342 g/mol. The molecule has 0 amide bonds. The highest BCUT2D eigenvalue weighted by molar-refractivity contribution is 5.76. The number of carboxylic acids is 1. The van der Waals surface area contributed by atoms with Gasteiger partial charge in [-0.05, 0) is 49.2 Å². The number of carboxylic acid groups (broad SMARTS) is 1. The molecule has 0 bridgehead atoms. The molecule has 0 radical (unpaired) electrons. The number of aromatic nitrogens is 3. The zero-order chi connectivity index (χ0) is 19.1. The fourth-order valence-corrected chi connectivity index (χ4v) is 3.67. The minimum atomic E-state index is -0.914. The Morgan fingerprint density at radius 1 is 1.00 bits per heavy atom. The Morgan fingerprint density at radius 2 is 1.70 bits per heavy atom. The molecule has 0 spiro atoms. The van der Waals surface area contributed by atoms with E-state index in [0.717, 1.165) is 22.1 Å². The largest absolute Gasteiger partial charge is 0.481 e. The van der Waals surface area contributed by atoms with Crippen LogP contribution in [0.1, 0.15) is 23.2 Å². The zero-order valence-corrected chi connectivity index (χ0v) is 15.3. The SMILES string of the molecule is Cc1cc2c(Cn3c(=O)n(CCC(=O)O)c4ccccc43)cccn2c1C. The molecule has 6 heteroatoms. The smallest absolute Gasteiger partial charge is 0.329 e. The summed E-state index contributed by atoms with van der Waals surface area (Å²) >= 11 is 0. The molecule has 0 aliphatic heterocycles. The van der Waals surface area contributed by atoms with E-state index < -0.39 is 5.97 Å². The van der Waals surface area contributed by atoms with Crippen LogP contribution in [0.4, 0.5) is 0 Å². The summed E-state index contributed by atoms with van der Waals surface area (Å²) in [6.45, 7) is 4.76. The summed E-state index contributed by atoms with van der Waals surface area (Å²) in [5.74, 6) is -0.914. The molecule has 3 heterocycles. The first kappa shape index (κ1) is 17.1. The van der Waals surface area contributed by atoms with Crippen molar-refractivity contribution in [3.05, 3.63) is 76.0 Å². The molecule has 0 unspecified atom stereocenters. The molecule has 0 aliphatic carbocycles. The molecule has 6 nitrogen and oxygen atoms in total. The lowest BCUT2D eigenvalue weighted by Crippen LogP contribution is -2.25. The van der Waals surface area contributed by atoms with Gasteiger partial charge in [0.15, 0.2) is 0 Å². The molecule has 4 rings (SSSR count). The van der Waals surface area contributed by atoms with E-state index in [4.69, 9.17) is 5.11 Å². The van der Waals surface area contributed by atoms with Crippen molar-refractivity contribution in [3.8, 4) is 0 Å². The fourth-order valence-electron chi connectivity index (χ4n) is 3.67. The molecule has 138 valence electrons. The van der Waals surface area contributed by atoms with Crippen LogP contribution in [0.25, 0.3) is 16.6 Å². The van der Waals surface area contributed by atoms with Crippen molar-refractivity contribution in [1.29, 1.82) is 0 Å². The fraction of sp³-hybridized carbons (Fsp3) is 0.238. The average Bonchev–Trinajstić information content (AvgIpc) is 3.09.